The van der Waals surface area contributed by atoms with E-state index in [1.165, 1.54) is 19.2 Å². The largest absolute Gasteiger partial charge is 0.416 e. The molecule has 3 rings (SSSR count). The lowest BCUT2D eigenvalue weighted by atomic mass is 9.92. The molecular weight excluding hydrogens is 295 g/mol. The predicted octanol–water partition coefficient (Wildman–Crippen LogP) is 3.08. The number of hydrogen-bond donors (Lipinski definition) is 0. The SMILES string of the molecule is CC(=O)N1CCC(c2cc(C(F)(F)F)cc3cncn23)CC1. The Morgan fingerprint density at radius 3 is 2.55 bits per heavy atom. The standard InChI is InChI=1S/C15H16F3N3O/c1-10(22)20-4-2-11(3-5-20)14-7-12(15(16,17)18)6-13-8-19-9-21(13)14/h6-9,11H,2-5H2,1H3. The number of piperidine rings is 1. The van der Waals surface area contributed by atoms with E-state index in [4.69, 9.17) is 0 Å². The first-order chi connectivity index (χ1) is 10.4. The highest BCUT2D eigenvalue weighted by molar-refractivity contribution is 5.73. The fourth-order valence-corrected chi connectivity index (χ4v) is 3.03. The van der Waals surface area contributed by atoms with Gasteiger partial charge >= 0.3 is 6.18 Å². The lowest BCUT2D eigenvalue weighted by Crippen LogP contribution is -2.36. The molecule has 3 heterocycles. The van der Waals surface area contributed by atoms with Crippen molar-refractivity contribution in [3.05, 3.63) is 35.9 Å². The number of hydrogen-bond acceptors (Lipinski definition) is 2. The number of fused-ring (bicyclic) bond motifs is 1. The summed E-state index contributed by atoms with van der Waals surface area (Å²) in [4.78, 5) is 17.0. The van der Waals surface area contributed by atoms with Gasteiger partial charge in [-0.2, -0.15) is 13.2 Å². The van der Waals surface area contributed by atoms with E-state index in [-0.39, 0.29) is 11.8 Å². The number of rotatable bonds is 1. The summed E-state index contributed by atoms with van der Waals surface area (Å²) in [5.74, 6) is 0.00451. The van der Waals surface area contributed by atoms with Crippen molar-refractivity contribution in [2.24, 2.45) is 0 Å². The van der Waals surface area contributed by atoms with Crippen LogP contribution < -0.4 is 0 Å². The molecule has 0 bridgehead atoms. The van der Waals surface area contributed by atoms with Gasteiger partial charge in [-0.25, -0.2) is 4.98 Å². The average molecular weight is 311 g/mol. The van der Waals surface area contributed by atoms with Gasteiger partial charge in [-0.05, 0) is 25.0 Å². The number of alkyl halides is 3. The van der Waals surface area contributed by atoms with Gasteiger partial charge in [-0.3, -0.25) is 4.79 Å². The Hall–Kier alpha value is -2.05. The van der Waals surface area contributed by atoms with E-state index in [2.05, 4.69) is 4.98 Å². The van der Waals surface area contributed by atoms with Crippen LogP contribution in [0.15, 0.2) is 24.7 Å². The predicted molar refractivity (Wildman–Crippen MR) is 74.4 cm³/mol. The molecule has 1 aliphatic rings. The quantitative estimate of drug-likeness (QED) is 0.811. The van der Waals surface area contributed by atoms with Crippen LogP contribution in [-0.4, -0.2) is 33.3 Å². The van der Waals surface area contributed by atoms with Crippen LogP contribution in [0.1, 0.15) is 36.9 Å². The van der Waals surface area contributed by atoms with Crippen molar-refractivity contribution in [1.82, 2.24) is 14.3 Å². The second kappa shape index (κ2) is 5.30. The highest BCUT2D eigenvalue weighted by Gasteiger charge is 2.33. The summed E-state index contributed by atoms with van der Waals surface area (Å²) in [6, 6.07) is 2.32. The second-order valence-corrected chi connectivity index (χ2v) is 5.64. The molecular formula is C15H16F3N3O. The van der Waals surface area contributed by atoms with E-state index in [9.17, 15) is 18.0 Å². The van der Waals surface area contributed by atoms with Crippen LogP contribution in [0.25, 0.3) is 5.52 Å². The lowest BCUT2D eigenvalue weighted by molar-refractivity contribution is -0.137. The van der Waals surface area contributed by atoms with E-state index in [1.807, 2.05) is 0 Å². The van der Waals surface area contributed by atoms with E-state index < -0.39 is 11.7 Å². The maximum absolute atomic E-state index is 13.1. The number of nitrogens with zero attached hydrogens (tertiary/aromatic N) is 3. The van der Waals surface area contributed by atoms with Gasteiger partial charge in [-0.1, -0.05) is 0 Å². The summed E-state index contributed by atoms with van der Waals surface area (Å²) in [5, 5.41) is 0. The fraction of sp³-hybridized carbons (Fsp3) is 0.467. The van der Waals surface area contributed by atoms with Crippen LogP contribution in [0.4, 0.5) is 13.2 Å². The Morgan fingerprint density at radius 2 is 1.95 bits per heavy atom. The van der Waals surface area contributed by atoms with Gasteiger partial charge < -0.3 is 9.30 Å². The molecule has 1 saturated heterocycles. The van der Waals surface area contributed by atoms with Gasteiger partial charge in [0.15, 0.2) is 0 Å². The van der Waals surface area contributed by atoms with Crippen molar-refractivity contribution in [1.29, 1.82) is 0 Å². The van der Waals surface area contributed by atoms with Gasteiger partial charge in [0.2, 0.25) is 5.91 Å². The summed E-state index contributed by atoms with van der Waals surface area (Å²) in [6.45, 7) is 2.66. The Labute approximate surface area is 125 Å². The van der Waals surface area contributed by atoms with Gasteiger partial charge in [0, 0.05) is 31.6 Å². The smallest absolute Gasteiger partial charge is 0.343 e. The third kappa shape index (κ3) is 2.67. The van der Waals surface area contributed by atoms with Crippen LogP contribution in [-0.2, 0) is 11.0 Å². The summed E-state index contributed by atoms with van der Waals surface area (Å²) in [5.41, 5.74) is 0.411. The van der Waals surface area contributed by atoms with Crippen LogP contribution >= 0.6 is 0 Å². The zero-order valence-electron chi connectivity index (χ0n) is 12.1. The van der Waals surface area contributed by atoms with Crippen molar-refractivity contribution < 1.29 is 18.0 Å². The normalized spacial score (nSPS) is 17.2. The molecule has 0 saturated carbocycles. The number of carbonyl (C=O) groups is 1. The van der Waals surface area contributed by atoms with Crippen LogP contribution in [0.5, 0.6) is 0 Å². The number of imidazole rings is 1. The Kier molecular flexibility index (Phi) is 3.58. The summed E-state index contributed by atoms with van der Waals surface area (Å²) >= 11 is 0. The molecule has 118 valence electrons. The maximum Gasteiger partial charge on any atom is 0.416 e. The van der Waals surface area contributed by atoms with Gasteiger partial charge in [0.1, 0.15) is 0 Å². The minimum Gasteiger partial charge on any atom is -0.343 e. The van der Waals surface area contributed by atoms with Crippen molar-refractivity contribution in [2.75, 3.05) is 13.1 Å². The molecule has 0 radical (unpaired) electrons. The average Bonchev–Trinajstić information content (AvgIpc) is 2.93. The first-order valence-electron chi connectivity index (χ1n) is 7.15. The van der Waals surface area contributed by atoms with Gasteiger partial charge in [0.05, 0.1) is 23.6 Å². The second-order valence-electron chi connectivity index (χ2n) is 5.64. The van der Waals surface area contributed by atoms with Gasteiger partial charge in [-0.15, -0.1) is 0 Å². The van der Waals surface area contributed by atoms with Crippen LogP contribution in [0, 0.1) is 0 Å². The lowest BCUT2D eigenvalue weighted by Gasteiger charge is -2.32. The zero-order valence-corrected chi connectivity index (χ0v) is 12.1. The van der Waals surface area contributed by atoms with E-state index in [1.54, 1.807) is 15.6 Å². The number of halogens is 3. The summed E-state index contributed by atoms with van der Waals surface area (Å²) < 4.78 is 40.9. The minimum atomic E-state index is -4.37. The molecule has 0 aromatic carbocycles. The number of pyridine rings is 1. The zero-order chi connectivity index (χ0) is 15.9. The van der Waals surface area contributed by atoms with Crippen molar-refractivity contribution in [3.8, 4) is 0 Å². The van der Waals surface area contributed by atoms with E-state index in [0.717, 1.165) is 6.07 Å². The minimum absolute atomic E-state index is 0.00500. The number of carbonyl (C=O) groups excluding carboxylic acids is 1. The molecule has 7 heteroatoms. The van der Waals surface area contributed by atoms with Crippen molar-refractivity contribution in [2.45, 2.75) is 31.9 Å². The first kappa shape index (κ1) is 14.9. The third-order valence-corrected chi connectivity index (χ3v) is 4.24. The highest BCUT2D eigenvalue weighted by Crippen LogP contribution is 2.35. The summed E-state index contributed by atoms with van der Waals surface area (Å²) in [6.07, 6.45) is -0.0746. The van der Waals surface area contributed by atoms with E-state index in [0.29, 0.717) is 37.1 Å². The first-order valence-corrected chi connectivity index (χ1v) is 7.15. The Bertz CT molecular complexity index is 700. The van der Waals surface area contributed by atoms with E-state index >= 15 is 0 Å². The monoisotopic (exact) mass is 311 g/mol. The maximum atomic E-state index is 13.1. The molecule has 1 fully saturated rings. The van der Waals surface area contributed by atoms with Crippen LogP contribution in [0.3, 0.4) is 0 Å². The molecule has 0 N–H and O–H groups in total. The van der Waals surface area contributed by atoms with Crippen LogP contribution in [0.2, 0.25) is 0 Å². The van der Waals surface area contributed by atoms with Gasteiger partial charge in [0.25, 0.3) is 0 Å². The van der Waals surface area contributed by atoms with Crippen molar-refractivity contribution >= 4 is 11.4 Å². The number of likely N-dealkylation sites (tertiary alicyclic amines) is 1. The molecule has 4 nitrogen and oxygen atoms in total. The molecule has 1 amide bonds. The Morgan fingerprint density at radius 1 is 1.27 bits per heavy atom. The summed E-state index contributed by atoms with van der Waals surface area (Å²) in [7, 11) is 0. The topological polar surface area (TPSA) is 37.6 Å². The molecule has 1 aliphatic heterocycles. The third-order valence-electron chi connectivity index (χ3n) is 4.24. The van der Waals surface area contributed by atoms with Crippen molar-refractivity contribution in [3.63, 3.8) is 0 Å². The molecule has 22 heavy (non-hydrogen) atoms. The molecule has 0 atom stereocenters. The molecule has 0 aliphatic carbocycles. The Balaban J connectivity index is 1.96. The number of amides is 1. The molecule has 2 aromatic rings. The molecule has 2 aromatic heterocycles. The number of aromatic nitrogens is 2. The highest BCUT2D eigenvalue weighted by atomic mass is 19.4. The fourth-order valence-electron chi connectivity index (χ4n) is 3.03. The molecule has 0 unspecified atom stereocenters. The molecule has 0 spiro atoms.